The van der Waals surface area contributed by atoms with Crippen molar-refractivity contribution in [1.29, 1.82) is 0 Å². The first-order valence-electron chi connectivity index (χ1n) is 13.5. The van der Waals surface area contributed by atoms with Gasteiger partial charge in [-0.1, -0.05) is 13.8 Å². The van der Waals surface area contributed by atoms with Crippen LogP contribution in [0.1, 0.15) is 37.0 Å². The number of hydrogen-bond donors (Lipinski definition) is 2. The summed E-state index contributed by atoms with van der Waals surface area (Å²) in [7, 11) is 1.66. The summed E-state index contributed by atoms with van der Waals surface area (Å²) < 4.78 is 11.5. The first-order chi connectivity index (χ1) is 18.8. The highest BCUT2D eigenvalue weighted by molar-refractivity contribution is 7.17. The van der Waals surface area contributed by atoms with Gasteiger partial charge in [-0.05, 0) is 30.2 Å². The second-order valence-electron chi connectivity index (χ2n) is 10.5. The van der Waals surface area contributed by atoms with Crippen molar-refractivity contribution in [3.63, 3.8) is 0 Å². The Kier molecular flexibility index (Phi) is 9.98. The minimum Gasteiger partial charge on any atom is -0.465 e. The number of hydrogen-bond acceptors (Lipinski definition) is 8. The Morgan fingerprint density at radius 1 is 1.26 bits per heavy atom. The molecule has 2 aromatic rings. The first kappa shape index (κ1) is 29.0. The maximum absolute atomic E-state index is 14.3. The van der Waals surface area contributed by atoms with Crippen LogP contribution in [0.2, 0.25) is 0 Å². The molecule has 2 aliphatic heterocycles. The molecular weight excluding hydrogens is 522 g/mol. The fraction of sp³-hybridized carbons (Fsp3) is 0.630. The van der Waals surface area contributed by atoms with Crippen molar-refractivity contribution in [2.45, 2.75) is 32.7 Å². The van der Waals surface area contributed by atoms with E-state index in [1.54, 1.807) is 23.1 Å². The van der Waals surface area contributed by atoms with E-state index in [0.29, 0.717) is 58.0 Å². The quantitative estimate of drug-likeness (QED) is 0.424. The minimum absolute atomic E-state index is 0.0756. The van der Waals surface area contributed by atoms with Crippen LogP contribution in [-0.2, 0) is 14.3 Å². The topological polar surface area (TPSA) is 125 Å². The lowest BCUT2D eigenvalue weighted by Crippen LogP contribution is -2.58. The normalized spacial score (nSPS) is 19.9. The molecule has 12 heteroatoms. The van der Waals surface area contributed by atoms with Crippen LogP contribution in [0.15, 0.2) is 17.6 Å². The molecule has 2 saturated heterocycles. The Hall–Kier alpha value is -2.96. The van der Waals surface area contributed by atoms with E-state index in [-0.39, 0.29) is 30.8 Å². The lowest BCUT2D eigenvalue weighted by Gasteiger charge is -2.43. The summed E-state index contributed by atoms with van der Waals surface area (Å²) in [4.78, 5) is 49.1. The van der Waals surface area contributed by atoms with Crippen LogP contribution in [0, 0.1) is 11.8 Å². The molecule has 0 unspecified atom stereocenters. The molecular formula is C27H39N5O6S. The zero-order chi connectivity index (χ0) is 27.9. The number of likely N-dealkylation sites (tertiary alicyclic amines) is 1. The lowest BCUT2D eigenvalue weighted by atomic mass is 9.91. The van der Waals surface area contributed by atoms with Gasteiger partial charge < -0.3 is 34.6 Å². The SMILES string of the molecule is COCCCNc1c(C(=O)N(CC(C)C)[C@H]2C[C@@H](C(=O)N3CCOCC3)CN(C(=O)O)C2)cnc2ccsc12. The number of nitrogens with zero attached hydrogens (tertiary/aromatic N) is 4. The highest BCUT2D eigenvalue weighted by Crippen LogP contribution is 2.33. The molecule has 0 spiro atoms. The van der Waals surface area contributed by atoms with Gasteiger partial charge in [0.2, 0.25) is 5.91 Å². The number of carbonyl (C=O) groups excluding carboxylic acids is 2. The summed E-state index contributed by atoms with van der Waals surface area (Å²) in [5, 5.41) is 15.3. The molecule has 0 radical (unpaired) electrons. The van der Waals surface area contributed by atoms with E-state index in [2.05, 4.69) is 10.3 Å². The van der Waals surface area contributed by atoms with Gasteiger partial charge in [0.15, 0.2) is 0 Å². The van der Waals surface area contributed by atoms with Crippen LogP contribution in [0.4, 0.5) is 10.5 Å². The molecule has 0 bridgehead atoms. The van der Waals surface area contributed by atoms with E-state index < -0.39 is 18.1 Å². The van der Waals surface area contributed by atoms with Gasteiger partial charge >= 0.3 is 6.09 Å². The summed E-state index contributed by atoms with van der Waals surface area (Å²) in [5.41, 5.74) is 2.00. The number of nitrogens with one attached hydrogen (secondary N) is 1. The van der Waals surface area contributed by atoms with Gasteiger partial charge in [0, 0.05) is 59.2 Å². The molecule has 2 atom stereocenters. The van der Waals surface area contributed by atoms with Crippen molar-refractivity contribution in [2.75, 3.05) is 71.5 Å². The summed E-state index contributed by atoms with van der Waals surface area (Å²) in [6.45, 7) is 7.92. The Bertz CT molecular complexity index is 1150. The molecule has 2 N–H and O–H groups in total. The molecule has 11 nitrogen and oxygen atoms in total. The smallest absolute Gasteiger partial charge is 0.407 e. The maximum Gasteiger partial charge on any atom is 0.407 e. The van der Waals surface area contributed by atoms with Crippen LogP contribution < -0.4 is 5.32 Å². The standard InChI is InChI=1S/C27H39N5O6S/c1-18(2)15-32(20-13-19(16-31(17-20)27(35)36)25(33)30-7-10-38-11-8-30)26(34)21-14-29-22-5-12-39-24(22)23(21)28-6-4-9-37-3/h5,12,14,18-20H,4,6-11,13,15-17H2,1-3H3,(H,28,29)(H,35,36)/t19-,20+/m1/s1. The second kappa shape index (κ2) is 13.4. The lowest BCUT2D eigenvalue weighted by molar-refractivity contribution is -0.142. The summed E-state index contributed by atoms with van der Waals surface area (Å²) >= 11 is 1.52. The summed E-state index contributed by atoms with van der Waals surface area (Å²) in [6, 6.07) is 1.48. The number of rotatable bonds is 10. The van der Waals surface area contributed by atoms with Gasteiger partial charge in [-0.15, -0.1) is 11.3 Å². The van der Waals surface area contributed by atoms with Gasteiger partial charge in [0.25, 0.3) is 5.91 Å². The molecule has 214 valence electrons. The predicted molar refractivity (Wildman–Crippen MR) is 149 cm³/mol. The molecule has 3 amide bonds. The van der Waals surface area contributed by atoms with Crippen LogP contribution >= 0.6 is 11.3 Å². The number of anilines is 1. The van der Waals surface area contributed by atoms with E-state index in [0.717, 1.165) is 22.3 Å². The van der Waals surface area contributed by atoms with E-state index in [4.69, 9.17) is 9.47 Å². The number of thiophene rings is 1. The highest BCUT2D eigenvalue weighted by Gasteiger charge is 2.40. The number of fused-ring (bicyclic) bond motifs is 1. The molecule has 2 aliphatic rings. The molecule has 0 saturated carbocycles. The van der Waals surface area contributed by atoms with Crippen LogP contribution in [0.25, 0.3) is 10.2 Å². The van der Waals surface area contributed by atoms with Gasteiger partial charge in [0.1, 0.15) is 0 Å². The third-order valence-corrected chi connectivity index (χ3v) is 8.09. The highest BCUT2D eigenvalue weighted by atomic mass is 32.1. The average Bonchev–Trinajstić information content (AvgIpc) is 3.42. The fourth-order valence-electron chi connectivity index (χ4n) is 5.30. The maximum atomic E-state index is 14.3. The number of piperidine rings is 1. The molecule has 4 rings (SSSR count). The number of methoxy groups -OCH3 is 1. The van der Waals surface area contributed by atoms with Crippen LogP contribution in [0.3, 0.4) is 0 Å². The van der Waals surface area contributed by atoms with Crippen molar-refractivity contribution in [2.24, 2.45) is 11.8 Å². The monoisotopic (exact) mass is 561 g/mol. The Labute approximate surface area is 233 Å². The minimum atomic E-state index is -1.08. The molecule has 39 heavy (non-hydrogen) atoms. The Morgan fingerprint density at radius 3 is 2.72 bits per heavy atom. The zero-order valence-corrected chi connectivity index (χ0v) is 23.7. The number of ether oxygens (including phenoxy) is 2. The van der Waals surface area contributed by atoms with Crippen LogP contribution in [-0.4, -0.2) is 115 Å². The molecule has 0 aromatic carbocycles. The zero-order valence-electron chi connectivity index (χ0n) is 22.9. The van der Waals surface area contributed by atoms with Gasteiger partial charge in [0.05, 0.1) is 46.6 Å². The number of pyridine rings is 1. The van der Waals surface area contributed by atoms with Crippen molar-refractivity contribution in [3.05, 3.63) is 23.2 Å². The number of morpholine rings is 1. The second-order valence-corrected chi connectivity index (χ2v) is 11.4. The van der Waals surface area contributed by atoms with Crippen molar-refractivity contribution >= 4 is 45.1 Å². The Balaban J connectivity index is 1.64. The number of carboxylic acid groups (broad SMARTS) is 1. The number of amides is 3. The molecule has 2 aromatic heterocycles. The first-order valence-corrected chi connectivity index (χ1v) is 14.4. The third kappa shape index (κ3) is 6.98. The molecule has 2 fully saturated rings. The number of aromatic nitrogens is 1. The average molecular weight is 562 g/mol. The number of carbonyl (C=O) groups is 3. The predicted octanol–water partition coefficient (Wildman–Crippen LogP) is 3.07. The van der Waals surface area contributed by atoms with E-state index in [1.807, 2.05) is 25.3 Å². The summed E-state index contributed by atoms with van der Waals surface area (Å²) in [6.07, 6.45) is 1.70. The van der Waals surface area contributed by atoms with E-state index in [1.165, 1.54) is 16.2 Å². The van der Waals surface area contributed by atoms with E-state index >= 15 is 0 Å². The van der Waals surface area contributed by atoms with Crippen molar-refractivity contribution < 1.29 is 29.0 Å². The van der Waals surface area contributed by atoms with Crippen LogP contribution in [0.5, 0.6) is 0 Å². The van der Waals surface area contributed by atoms with Crippen molar-refractivity contribution in [1.82, 2.24) is 19.7 Å². The van der Waals surface area contributed by atoms with Crippen molar-refractivity contribution in [3.8, 4) is 0 Å². The van der Waals surface area contributed by atoms with Gasteiger partial charge in [-0.25, -0.2) is 4.79 Å². The van der Waals surface area contributed by atoms with Gasteiger partial charge in [-0.3, -0.25) is 14.6 Å². The molecule has 4 heterocycles. The Morgan fingerprint density at radius 2 is 2.03 bits per heavy atom. The molecule has 0 aliphatic carbocycles. The van der Waals surface area contributed by atoms with Gasteiger partial charge in [-0.2, -0.15) is 0 Å². The third-order valence-electron chi connectivity index (χ3n) is 7.17. The summed E-state index contributed by atoms with van der Waals surface area (Å²) in [5.74, 6) is -0.673. The van der Waals surface area contributed by atoms with E-state index in [9.17, 15) is 19.5 Å². The fourth-order valence-corrected chi connectivity index (χ4v) is 6.18. The largest absolute Gasteiger partial charge is 0.465 e.